The molecule has 0 fully saturated rings. The number of rotatable bonds is 0. The first-order valence-electron chi connectivity index (χ1n) is 2.52. The van der Waals surface area contributed by atoms with Crippen LogP contribution in [-0.2, 0) is 24.3 Å². The average molecular weight is 518 g/mol. The van der Waals surface area contributed by atoms with Crippen LogP contribution in [-0.4, -0.2) is 72.2 Å². The minimum Gasteiger partial charge on any atom is -0.282 e. The monoisotopic (exact) mass is 518 g/mol. The molecule has 0 aromatic rings. The molecule has 0 atom stereocenters. The van der Waals surface area contributed by atoms with Gasteiger partial charge in [0.15, 0.2) is 0 Å². The number of hydrogen-bond acceptors (Lipinski definition) is 10. The van der Waals surface area contributed by atoms with Crippen LogP contribution in [0.3, 0.4) is 0 Å². The summed E-state index contributed by atoms with van der Waals surface area (Å²) in [5, 5.41) is 37.6. The second-order valence-corrected chi connectivity index (χ2v) is 0.870. The van der Waals surface area contributed by atoms with Crippen molar-refractivity contribution in [2.24, 2.45) is 0 Å². The first-order chi connectivity index (χ1) is 7.24. The molecule has 0 saturated carbocycles. The topological polar surface area (TPSA) is 410 Å². The van der Waals surface area contributed by atoms with Gasteiger partial charge in [0, 0.05) is 0 Å². The molecule has 0 saturated heterocycles. The molecular formula is C13H56BLiO18. The fourth-order valence-corrected chi connectivity index (χ4v) is 0.0745. The van der Waals surface area contributed by atoms with Crippen LogP contribution in [0, 0.1) is 24.4 Å². The van der Waals surface area contributed by atoms with Crippen LogP contribution in [0.4, 0.5) is 0 Å². The van der Waals surface area contributed by atoms with Crippen molar-refractivity contribution in [2.75, 3.05) is 0 Å². The van der Waals surface area contributed by atoms with Crippen molar-refractivity contribution in [1.29, 1.82) is 0 Å². The molecule has 18 nitrogen and oxygen atoms in total. The molecule has 220 valence electrons. The molecule has 20 N–H and O–H groups in total. The standard InChI is InChI=1S/2C2H2O4.9CH4.BO2.Li.8H2O/c2*3-5-1-2-6-4;;;;;;;;;;2-1-3;;;;;;;;;/h2*3-4H;9*1H4;;;8*1H2/q;;;;;;;;;;;-1;+1;;;;;;;;. The predicted molar refractivity (Wildman–Crippen MR) is 126 cm³/mol. The normalized spacial score (nSPS) is 2.06. The zero-order chi connectivity index (χ0) is 12.4. The number of hydrogen-bond donors (Lipinski definition) is 4. The molecule has 0 aliphatic heterocycles. The molecule has 0 aliphatic carbocycles. The van der Waals surface area contributed by atoms with Crippen LogP contribution >= 0.6 is 0 Å². The van der Waals surface area contributed by atoms with E-state index >= 15 is 0 Å². The van der Waals surface area contributed by atoms with Gasteiger partial charge in [0.25, 0.3) is 0 Å². The van der Waals surface area contributed by atoms with E-state index in [1.54, 1.807) is 0 Å². The van der Waals surface area contributed by atoms with Crippen molar-refractivity contribution in [2.45, 2.75) is 66.8 Å². The summed E-state index contributed by atoms with van der Waals surface area (Å²) in [7, 11) is -0.500. The first kappa shape index (κ1) is 276. The molecule has 20 heteroatoms. The average Bonchev–Trinajstić information content (AvgIpc) is 2.25. The van der Waals surface area contributed by atoms with Gasteiger partial charge in [-0.25, -0.2) is 0 Å². The van der Waals surface area contributed by atoms with Gasteiger partial charge in [-0.05, 0) is 0 Å². The molecule has 0 amide bonds. The zero-order valence-corrected chi connectivity index (χ0v) is 11.8. The summed E-state index contributed by atoms with van der Waals surface area (Å²) in [5.41, 5.74) is 0. The van der Waals surface area contributed by atoms with Gasteiger partial charge in [-0.1, -0.05) is 66.8 Å². The van der Waals surface area contributed by atoms with Gasteiger partial charge < -0.3 is 43.8 Å². The Bertz CT molecular complexity index is 207. The van der Waals surface area contributed by atoms with Crippen molar-refractivity contribution in [3.63, 3.8) is 0 Å². The summed E-state index contributed by atoms with van der Waals surface area (Å²) in [6.07, 6.45) is 6.12. The first-order valence-corrected chi connectivity index (χ1v) is 2.52. The van der Waals surface area contributed by atoms with E-state index < -0.39 is 7.35 Å². The fraction of sp³-hybridized carbons (Fsp3) is 0.692. The van der Waals surface area contributed by atoms with E-state index in [-0.39, 0.29) is 130 Å². The quantitative estimate of drug-likeness (QED) is 0.102. The molecule has 0 heterocycles. The van der Waals surface area contributed by atoms with Gasteiger partial charge in [0.1, 0.15) is 0 Å². The van der Waals surface area contributed by atoms with Crippen molar-refractivity contribution >= 4 is 7.35 Å². The maximum absolute atomic E-state index is 8.25. The third-order valence-corrected chi connectivity index (χ3v) is 0.266. The zero-order valence-electron chi connectivity index (χ0n) is 11.8. The van der Waals surface area contributed by atoms with Gasteiger partial charge in [0.2, 0.25) is 24.4 Å². The second kappa shape index (κ2) is 505. The summed E-state index contributed by atoms with van der Waals surface area (Å²) in [6, 6.07) is 0. The van der Waals surface area contributed by atoms with Crippen LogP contribution in [0.25, 0.3) is 0 Å². The van der Waals surface area contributed by atoms with Crippen molar-refractivity contribution in [3.05, 3.63) is 0 Å². The van der Waals surface area contributed by atoms with E-state index in [1.165, 1.54) is 24.4 Å². The molecule has 0 aromatic heterocycles. The molecule has 0 unspecified atom stereocenters. The van der Waals surface area contributed by atoms with Crippen LogP contribution in [0.15, 0.2) is 0 Å². The van der Waals surface area contributed by atoms with Gasteiger partial charge in [-0.2, -0.15) is 21.0 Å². The Labute approximate surface area is 212 Å². The minimum atomic E-state index is -0.500. The summed E-state index contributed by atoms with van der Waals surface area (Å²) in [4.78, 5) is 12.5. The maximum Gasteiger partial charge on any atom is 1.00 e. The van der Waals surface area contributed by atoms with E-state index in [9.17, 15) is 0 Å². The van der Waals surface area contributed by atoms with E-state index in [4.69, 9.17) is 30.8 Å². The Hall–Kier alpha value is -1.90. The minimum absolute atomic E-state index is 0. The molecule has 0 rings (SSSR count). The molecule has 0 aliphatic rings. The Morgan fingerprint density at radius 2 is 0.515 bits per heavy atom. The molecule has 0 radical (unpaired) electrons. The van der Waals surface area contributed by atoms with Crippen LogP contribution in [0.1, 0.15) is 66.8 Å². The van der Waals surface area contributed by atoms with Gasteiger partial charge >= 0.3 is 35.9 Å². The fourth-order valence-electron chi connectivity index (χ4n) is 0.0745. The summed E-state index contributed by atoms with van der Waals surface area (Å²) in [6.45, 7) is 0. The maximum atomic E-state index is 8.25. The van der Waals surface area contributed by atoms with Crippen LogP contribution < -0.4 is 23.9 Å². The largest absolute Gasteiger partial charge is 1.00 e. The summed E-state index contributed by atoms with van der Waals surface area (Å²) in [5.74, 6) is 0. The summed E-state index contributed by atoms with van der Waals surface area (Å²) >= 11 is 0. The SMILES string of the molecule is C.C.C.C.C.C.C.C.C.O.O.O.O.O.O.O.O.O=B[O-].OOC#COO.OOC#COO.[Li+]. The van der Waals surface area contributed by atoms with Crippen molar-refractivity contribution in [3.8, 4) is 24.4 Å². The van der Waals surface area contributed by atoms with Crippen LogP contribution in [0.5, 0.6) is 0 Å². The smallest absolute Gasteiger partial charge is 0.282 e. The molecule has 0 aromatic carbocycles. The summed E-state index contributed by atoms with van der Waals surface area (Å²) < 4.78 is 8.25. The third-order valence-electron chi connectivity index (χ3n) is 0.266. The second-order valence-electron chi connectivity index (χ2n) is 0.870. The van der Waals surface area contributed by atoms with Crippen molar-refractivity contribution in [1.82, 2.24) is 0 Å². The van der Waals surface area contributed by atoms with Crippen LogP contribution in [0.2, 0.25) is 0 Å². The van der Waals surface area contributed by atoms with Crippen molar-refractivity contribution < 1.29 is 113 Å². The third kappa shape index (κ3) is 1410. The van der Waals surface area contributed by atoms with Gasteiger partial charge in [-0.3, -0.25) is 19.6 Å². The molecular weight excluding hydrogens is 462 g/mol. The van der Waals surface area contributed by atoms with E-state index in [0.717, 1.165) is 0 Å². The van der Waals surface area contributed by atoms with Gasteiger partial charge in [0.05, 0.1) is 0 Å². The molecule has 33 heavy (non-hydrogen) atoms. The molecule has 0 spiro atoms. The molecule has 0 bridgehead atoms. The Morgan fingerprint density at radius 1 is 0.455 bits per heavy atom. The van der Waals surface area contributed by atoms with E-state index in [1.807, 2.05) is 0 Å². The Kier molecular flexibility index (Phi) is 4230. The van der Waals surface area contributed by atoms with E-state index in [2.05, 4.69) is 19.6 Å². The Morgan fingerprint density at radius 3 is 0.545 bits per heavy atom. The Balaban J connectivity index is -0.00000000276. The van der Waals surface area contributed by atoms with E-state index in [0.29, 0.717) is 0 Å². The van der Waals surface area contributed by atoms with Gasteiger partial charge in [-0.15, -0.1) is 0 Å². The predicted octanol–water partition coefficient (Wildman–Crippen LogP) is -5.79.